The summed E-state index contributed by atoms with van der Waals surface area (Å²) in [5.74, 6) is -0.0521. The average Bonchev–Trinajstić information content (AvgIpc) is 2.98. The summed E-state index contributed by atoms with van der Waals surface area (Å²) >= 11 is 0. The van der Waals surface area contributed by atoms with Crippen LogP contribution in [0.2, 0.25) is 0 Å². The van der Waals surface area contributed by atoms with Crippen LogP contribution in [0.15, 0.2) is 36.5 Å². The number of benzene rings is 1. The second-order valence-electron chi connectivity index (χ2n) is 4.43. The predicted molar refractivity (Wildman–Crippen MR) is 77.4 cm³/mol. The summed E-state index contributed by atoms with van der Waals surface area (Å²) in [6, 6.07) is 9.64. The highest BCUT2D eigenvalue weighted by Gasteiger charge is 2.20. The first-order valence-corrected chi connectivity index (χ1v) is 6.32. The van der Waals surface area contributed by atoms with Crippen LogP contribution in [0.5, 0.6) is 0 Å². The zero-order valence-electron chi connectivity index (χ0n) is 10.9. The Morgan fingerprint density at radius 2 is 1.85 bits per heavy atom. The van der Waals surface area contributed by atoms with E-state index >= 15 is 0 Å². The molecular formula is C13H16ClN5O. The molecule has 1 fully saturated rings. The highest BCUT2D eigenvalue weighted by molar-refractivity contribution is 5.92. The van der Waals surface area contributed by atoms with Crippen LogP contribution in [0.4, 0.5) is 0 Å². The number of para-hydroxylation sites is 1. The summed E-state index contributed by atoms with van der Waals surface area (Å²) in [6.07, 6.45) is 1.68. The molecule has 2 heterocycles. The number of amides is 1. The van der Waals surface area contributed by atoms with E-state index < -0.39 is 0 Å². The lowest BCUT2D eigenvalue weighted by molar-refractivity contribution is 0.0730. The van der Waals surface area contributed by atoms with Crippen molar-refractivity contribution < 1.29 is 4.79 Å². The SMILES string of the molecule is Cl.O=C(c1cn(-c2ccccc2)nn1)N1CCNCC1. The number of carbonyl (C=O) groups excluding carboxylic acids is 1. The van der Waals surface area contributed by atoms with Crippen LogP contribution >= 0.6 is 12.4 Å². The van der Waals surface area contributed by atoms with Gasteiger partial charge in [0.15, 0.2) is 5.69 Å². The molecule has 0 bridgehead atoms. The third-order valence-electron chi connectivity index (χ3n) is 3.14. The van der Waals surface area contributed by atoms with Gasteiger partial charge in [0.2, 0.25) is 0 Å². The van der Waals surface area contributed by atoms with Crippen LogP contribution in [0.3, 0.4) is 0 Å². The van der Waals surface area contributed by atoms with E-state index in [1.807, 2.05) is 30.3 Å². The minimum absolute atomic E-state index is 0. The fourth-order valence-corrected chi connectivity index (χ4v) is 2.10. The lowest BCUT2D eigenvalue weighted by atomic mass is 10.3. The third-order valence-corrected chi connectivity index (χ3v) is 3.14. The van der Waals surface area contributed by atoms with Crippen LogP contribution < -0.4 is 5.32 Å². The molecule has 1 aromatic heterocycles. The Morgan fingerprint density at radius 3 is 2.55 bits per heavy atom. The van der Waals surface area contributed by atoms with Crippen molar-refractivity contribution in [1.82, 2.24) is 25.2 Å². The van der Waals surface area contributed by atoms with Gasteiger partial charge in [0.25, 0.3) is 5.91 Å². The molecule has 0 atom stereocenters. The Balaban J connectivity index is 0.00000147. The average molecular weight is 294 g/mol. The van der Waals surface area contributed by atoms with E-state index in [2.05, 4.69) is 15.6 Å². The molecule has 1 amide bonds. The molecule has 106 valence electrons. The molecule has 0 radical (unpaired) electrons. The maximum Gasteiger partial charge on any atom is 0.276 e. The normalized spacial score (nSPS) is 14.7. The standard InChI is InChI=1S/C13H15N5O.ClH/c19-13(17-8-6-14-7-9-17)12-10-18(16-15-12)11-4-2-1-3-5-11;/h1-5,10,14H,6-9H2;1H. The first-order chi connectivity index (χ1) is 9.34. The van der Waals surface area contributed by atoms with Crippen molar-refractivity contribution in [3.63, 3.8) is 0 Å². The number of nitrogens with zero attached hydrogens (tertiary/aromatic N) is 4. The van der Waals surface area contributed by atoms with Gasteiger partial charge in [-0.1, -0.05) is 23.4 Å². The fraction of sp³-hybridized carbons (Fsp3) is 0.308. The molecule has 1 aliphatic heterocycles. The molecule has 3 rings (SSSR count). The van der Waals surface area contributed by atoms with Crippen molar-refractivity contribution in [2.45, 2.75) is 0 Å². The van der Waals surface area contributed by atoms with E-state index in [0.717, 1.165) is 31.9 Å². The van der Waals surface area contributed by atoms with Crippen LogP contribution in [-0.4, -0.2) is 52.0 Å². The maximum absolute atomic E-state index is 12.2. The predicted octanol–water partition coefficient (Wildman–Crippen LogP) is 0.734. The molecule has 1 saturated heterocycles. The molecular weight excluding hydrogens is 278 g/mol. The fourth-order valence-electron chi connectivity index (χ4n) is 2.10. The van der Waals surface area contributed by atoms with Gasteiger partial charge < -0.3 is 10.2 Å². The van der Waals surface area contributed by atoms with E-state index in [1.165, 1.54) is 0 Å². The third kappa shape index (κ3) is 2.97. The second kappa shape index (κ2) is 6.49. The van der Waals surface area contributed by atoms with Gasteiger partial charge in [0, 0.05) is 26.2 Å². The maximum atomic E-state index is 12.2. The van der Waals surface area contributed by atoms with Gasteiger partial charge in [0.1, 0.15) is 0 Å². The highest BCUT2D eigenvalue weighted by atomic mass is 35.5. The summed E-state index contributed by atoms with van der Waals surface area (Å²) in [7, 11) is 0. The Bertz CT molecular complexity index is 565. The zero-order chi connectivity index (χ0) is 13.1. The number of rotatable bonds is 2. The van der Waals surface area contributed by atoms with E-state index in [0.29, 0.717) is 5.69 Å². The lowest BCUT2D eigenvalue weighted by Crippen LogP contribution is -2.46. The van der Waals surface area contributed by atoms with E-state index in [9.17, 15) is 4.79 Å². The summed E-state index contributed by atoms with van der Waals surface area (Å²) in [4.78, 5) is 14.0. The smallest absolute Gasteiger partial charge is 0.276 e. The number of piperazine rings is 1. The van der Waals surface area contributed by atoms with Crippen molar-refractivity contribution in [3.8, 4) is 5.69 Å². The minimum Gasteiger partial charge on any atom is -0.335 e. The van der Waals surface area contributed by atoms with Gasteiger partial charge in [-0.25, -0.2) is 4.68 Å². The molecule has 7 heteroatoms. The van der Waals surface area contributed by atoms with Gasteiger partial charge >= 0.3 is 0 Å². The molecule has 0 spiro atoms. The van der Waals surface area contributed by atoms with Gasteiger partial charge in [-0.3, -0.25) is 4.79 Å². The quantitative estimate of drug-likeness (QED) is 0.887. The van der Waals surface area contributed by atoms with E-state index in [4.69, 9.17) is 0 Å². The minimum atomic E-state index is -0.0521. The summed E-state index contributed by atoms with van der Waals surface area (Å²) in [5, 5.41) is 11.2. The number of hydrogen-bond acceptors (Lipinski definition) is 4. The largest absolute Gasteiger partial charge is 0.335 e. The van der Waals surface area contributed by atoms with Gasteiger partial charge in [-0.2, -0.15) is 0 Å². The first-order valence-electron chi connectivity index (χ1n) is 6.32. The lowest BCUT2D eigenvalue weighted by Gasteiger charge is -2.26. The molecule has 0 aliphatic carbocycles. The molecule has 0 saturated carbocycles. The molecule has 6 nitrogen and oxygen atoms in total. The van der Waals surface area contributed by atoms with Crippen molar-refractivity contribution in [2.24, 2.45) is 0 Å². The van der Waals surface area contributed by atoms with Crippen molar-refractivity contribution in [3.05, 3.63) is 42.2 Å². The Labute approximate surface area is 123 Å². The molecule has 1 aromatic carbocycles. The Kier molecular flexibility index (Phi) is 4.70. The van der Waals surface area contributed by atoms with Gasteiger partial charge in [-0.05, 0) is 12.1 Å². The van der Waals surface area contributed by atoms with Crippen molar-refractivity contribution in [1.29, 1.82) is 0 Å². The number of carbonyl (C=O) groups is 1. The van der Waals surface area contributed by atoms with Crippen LogP contribution in [0.1, 0.15) is 10.5 Å². The summed E-state index contributed by atoms with van der Waals surface area (Å²) in [6.45, 7) is 3.10. The van der Waals surface area contributed by atoms with Gasteiger partial charge in [-0.15, -0.1) is 17.5 Å². The molecule has 20 heavy (non-hydrogen) atoms. The number of hydrogen-bond donors (Lipinski definition) is 1. The summed E-state index contributed by atoms with van der Waals surface area (Å²) in [5.41, 5.74) is 1.29. The van der Waals surface area contributed by atoms with Crippen LogP contribution in [0, 0.1) is 0 Å². The van der Waals surface area contributed by atoms with Gasteiger partial charge in [0.05, 0.1) is 11.9 Å². The molecule has 1 aliphatic rings. The number of aromatic nitrogens is 3. The van der Waals surface area contributed by atoms with E-state index in [1.54, 1.807) is 15.8 Å². The Hall–Kier alpha value is -1.92. The van der Waals surface area contributed by atoms with E-state index in [-0.39, 0.29) is 18.3 Å². The van der Waals surface area contributed by atoms with Crippen LogP contribution in [-0.2, 0) is 0 Å². The number of nitrogens with one attached hydrogen (secondary N) is 1. The molecule has 2 aromatic rings. The second-order valence-corrected chi connectivity index (χ2v) is 4.43. The molecule has 0 unspecified atom stereocenters. The topological polar surface area (TPSA) is 63.1 Å². The number of halogens is 1. The first kappa shape index (κ1) is 14.5. The Morgan fingerprint density at radius 1 is 1.15 bits per heavy atom. The highest BCUT2D eigenvalue weighted by Crippen LogP contribution is 2.08. The monoisotopic (exact) mass is 293 g/mol. The summed E-state index contributed by atoms with van der Waals surface area (Å²) < 4.78 is 1.62. The molecule has 1 N–H and O–H groups in total. The zero-order valence-corrected chi connectivity index (χ0v) is 11.7. The van der Waals surface area contributed by atoms with Crippen LogP contribution in [0.25, 0.3) is 5.69 Å². The van der Waals surface area contributed by atoms with Crippen molar-refractivity contribution >= 4 is 18.3 Å². The van der Waals surface area contributed by atoms with Crippen molar-refractivity contribution in [2.75, 3.05) is 26.2 Å².